The van der Waals surface area contributed by atoms with Crippen LogP contribution in [0.15, 0.2) is 24.1 Å². The fraction of sp³-hybridized carbons (Fsp3) is 0.444. The van der Waals surface area contributed by atoms with E-state index in [1.165, 1.54) is 6.08 Å². The molecule has 0 aliphatic carbocycles. The molecule has 0 atom stereocenters. The normalized spacial score (nSPS) is 10.8. The van der Waals surface area contributed by atoms with Gasteiger partial charge in [0.25, 0.3) is 0 Å². The van der Waals surface area contributed by atoms with Gasteiger partial charge in [0.05, 0.1) is 13.2 Å². The fourth-order valence-electron chi connectivity index (χ4n) is 0.653. The molecule has 0 saturated heterocycles. The predicted octanol–water partition coefficient (Wildman–Crippen LogP) is 1.11. The SMILES string of the molecule is C=C(O)CN/C(C)=C/C(=O)OCC. The van der Waals surface area contributed by atoms with Gasteiger partial charge in [0.15, 0.2) is 0 Å². The second-order valence-corrected chi connectivity index (χ2v) is 2.50. The average molecular weight is 185 g/mol. The number of ether oxygens (including phenoxy) is 1. The minimum atomic E-state index is -0.393. The van der Waals surface area contributed by atoms with E-state index in [0.29, 0.717) is 12.3 Å². The molecule has 0 heterocycles. The molecule has 0 saturated carbocycles. The molecule has 0 aromatic carbocycles. The number of aliphatic hydroxyl groups excluding tert-OH is 1. The number of nitrogens with one attached hydrogen (secondary N) is 1. The molecule has 0 aliphatic heterocycles. The summed E-state index contributed by atoms with van der Waals surface area (Å²) in [4.78, 5) is 10.9. The van der Waals surface area contributed by atoms with Crippen molar-refractivity contribution in [3.63, 3.8) is 0 Å². The summed E-state index contributed by atoms with van der Waals surface area (Å²) >= 11 is 0. The third-order valence-electron chi connectivity index (χ3n) is 1.19. The first-order valence-corrected chi connectivity index (χ1v) is 4.02. The van der Waals surface area contributed by atoms with Gasteiger partial charge in [0.2, 0.25) is 0 Å². The molecule has 0 fully saturated rings. The molecule has 0 bridgehead atoms. The van der Waals surface area contributed by atoms with Crippen molar-refractivity contribution in [2.45, 2.75) is 13.8 Å². The van der Waals surface area contributed by atoms with Crippen molar-refractivity contribution in [3.8, 4) is 0 Å². The third-order valence-corrected chi connectivity index (χ3v) is 1.19. The summed E-state index contributed by atoms with van der Waals surface area (Å²) < 4.78 is 4.68. The van der Waals surface area contributed by atoms with Crippen molar-refractivity contribution in [2.75, 3.05) is 13.2 Å². The van der Waals surface area contributed by atoms with Gasteiger partial charge in [-0.2, -0.15) is 0 Å². The molecule has 0 radical (unpaired) electrons. The van der Waals surface area contributed by atoms with E-state index in [1.807, 2.05) is 0 Å². The summed E-state index contributed by atoms with van der Waals surface area (Å²) in [7, 11) is 0. The summed E-state index contributed by atoms with van der Waals surface area (Å²) in [5.74, 6) is -0.368. The van der Waals surface area contributed by atoms with Crippen molar-refractivity contribution in [3.05, 3.63) is 24.1 Å². The molecule has 4 nitrogen and oxygen atoms in total. The number of carbonyl (C=O) groups is 1. The Morgan fingerprint density at radius 1 is 1.69 bits per heavy atom. The molecular formula is C9H15NO3. The largest absolute Gasteiger partial charge is 0.511 e. The first-order valence-electron chi connectivity index (χ1n) is 4.02. The van der Waals surface area contributed by atoms with Crippen LogP contribution < -0.4 is 5.32 Å². The lowest BCUT2D eigenvalue weighted by Crippen LogP contribution is -2.15. The summed E-state index contributed by atoms with van der Waals surface area (Å²) in [5.41, 5.74) is 0.633. The smallest absolute Gasteiger partial charge is 0.332 e. The van der Waals surface area contributed by atoms with Crippen LogP contribution in [0.2, 0.25) is 0 Å². The third kappa shape index (κ3) is 6.93. The molecule has 2 N–H and O–H groups in total. The Morgan fingerprint density at radius 3 is 2.77 bits per heavy atom. The quantitative estimate of drug-likeness (QED) is 0.383. The summed E-state index contributed by atoms with van der Waals surface area (Å²) in [5, 5.41) is 11.5. The molecule has 13 heavy (non-hydrogen) atoms. The Morgan fingerprint density at radius 2 is 2.31 bits per heavy atom. The highest BCUT2D eigenvalue weighted by Gasteiger charge is 1.97. The molecule has 0 rings (SSSR count). The van der Waals surface area contributed by atoms with Gasteiger partial charge in [-0.15, -0.1) is 0 Å². The number of esters is 1. The Hall–Kier alpha value is -1.45. The fourth-order valence-corrected chi connectivity index (χ4v) is 0.653. The summed E-state index contributed by atoms with van der Waals surface area (Å²) in [6, 6.07) is 0. The van der Waals surface area contributed by atoms with Gasteiger partial charge >= 0.3 is 5.97 Å². The van der Waals surface area contributed by atoms with E-state index in [0.717, 1.165) is 0 Å². The van der Waals surface area contributed by atoms with Crippen LogP contribution in [-0.2, 0) is 9.53 Å². The molecule has 0 spiro atoms. The maximum atomic E-state index is 10.9. The second kappa shape index (κ2) is 6.11. The van der Waals surface area contributed by atoms with E-state index < -0.39 is 5.97 Å². The van der Waals surface area contributed by atoms with E-state index in [9.17, 15) is 4.79 Å². The maximum absolute atomic E-state index is 10.9. The van der Waals surface area contributed by atoms with Crippen molar-refractivity contribution in [1.29, 1.82) is 0 Å². The van der Waals surface area contributed by atoms with E-state index in [4.69, 9.17) is 5.11 Å². The van der Waals surface area contributed by atoms with Crippen molar-refractivity contribution >= 4 is 5.97 Å². The highest BCUT2D eigenvalue weighted by atomic mass is 16.5. The lowest BCUT2D eigenvalue weighted by molar-refractivity contribution is -0.137. The van der Waals surface area contributed by atoms with Gasteiger partial charge < -0.3 is 15.2 Å². The first-order chi connectivity index (χ1) is 6.06. The molecule has 0 aliphatic rings. The Kier molecular flexibility index (Phi) is 5.43. The van der Waals surface area contributed by atoms with Gasteiger partial charge in [0.1, 0.15) is 5.76 Å². The topological polar surface area (TPSA) is 58.6 Å². The zero-order valence-corrected chi connectivity index (χ0v) is 7.96. The average Bonchev–Trinajstić information content (AvgIpc) is 2.01. The molecule has 0 unspecified atom stereocenters. The van der Waals surface area contributed by atoms with Gasteiger partial charge in [-0.3, -0.25) is 0 Å². The lowest BCUT2D eigenvalue weighted by atomic mass is 10.4. The van der Waals surface area contributed by atoms with E-state index in [1.54, 1.807) is 13.8 Å². The van der Waals surface area contributed by atoms with Crippen LogP contribution >= 0.6 is 0 Å². The van der Waals surface area contributed by atoms with E-state index in [2.05, 4.69) is 16.6 Å². The Balaban J connectivity index is 3.87. The Bertz CT molecular complexity index is 221. The van der Waals surface area contributed by atoms with E-state index >= 15 is 0 Å². The van der Waals surface area contributed by atoms with Crippen molar-refractivity contribution in [1.82, 2.24) is 5.32 Å². The predicted molar refractivity (Wildman–Crippen MR) is 50.2 cm³/mol. The number of aliphatic hydroxyl groups is 1. The van der Waals surface area contributed by atoms with Crippen LogP contribution in [0.3, 0.4) is 0 Å². The van der Waals surface area contributed by atoms with Crippen molar-refractivity contribution in [2.24, 2.45) is 0 Å². The number of hydrogen-bond acceptors (Lipinski definition) is 4. The van der Waals surface area contributed by atoms with Gasteiger partial charge in [-0.25, -0.2) is 4.79 Å². The molecule has 0 aromatic rings. The number of allylic oxidation sites excluding steroid dienone is 1. The summed E-state index contributed by atoms with van der Waals surface area (Å²) in [6.07, 6.45) is 1.33. The van der Waals surface area contributed by atoms with Crippen LogP contribution in [0, 0.1) is 0 Å². The maximum Gasteiger partial charge on any atom is 0.332 e. The van der Waals surface area contributed by atoms with Crippen LogP contribution in [0.25, 0.3) is 0 Å². The lowest BCUT2D eigenvalue weighted by Gasteiger charge is -2.04. The zero-order valence-electron chi connectivity index (χ0n) is 7.96. The Labute approximate surface area is 77.9 Å². The standard InChI is InChI=1S/C9H15NO3/c1-4-13-9(12)5-7(2)10-6-8(3)11/h5,10-11H,3-4,6H2,1-2H3/b7-5+. The molecular weight excluding hydrogens is 170 g/mol. The molecule has 74 valence electrons. The van der Waals surface area contributed by atoms with Gasteiger partial charge in [-0.05, 0) is 13.8 Å². The monoisotopic (exact) mass is 185 g/mol. The van der Waals surface area contributed by atoms with Crippen LogP contribution in [0.4, 0.5) is 0 Å². The zero-order chi connectivity index (χ0) is 10.3. The minimum Gasteiger partial charge on any atom is -0.511 e. The van der Waals surface area contributed by atoms with Crippen LogP contribution in [0.1, 0.15) is 13.8 Å². The molecule has 4 heteroatoms. The van der Waals surface area contributed by atoms with Crippen molar-refractivity contribution < 1.29 is 14.6 Å². The minimum absolute atomic E-state index is 0.0246. The van der Waals surface area contributed by atoms with Gasteiger partial charge in [0, 0.05) is 11.8 Å². The van der Waals surface area contributed by atoms with E-state index in [-0.39, 0.29) is 12.3 Å². The number of carbonyl (C=O) groups excluding carboxylic acids is 1. The molecule has 0 amide bonds. The highest BCUT2D eigenvalue weighted by molar-refractivity contribution is 5.82. The van der Waals surface area contributed by atoms with Crippen LogP contribution in [-0.4, -0.2) is 24.2 Å². The number of rotatable bonds is 5. The highest BCUT2D eigenvalue weighted by Crippen LogP contribution is 1.90. The first kappa shape index (κ1) is 11.6. The van der Waals surface area contributed by atoms with Gasteiger partial charge in [-0.1, -0.05) is 6.58 Å². The summed E-state index contributed by atoms with van der Waals surface area (Å²) in [6.45, 7) is 7.33. The number of hydrogen-bond donors (Lipinski definition) is 2. The second-order valence-electron chi connectivity index (χ2n) is 2.50. The van der Waals surface area contributed by atoms with Crippen LogP contribution in [0.5, 0.6) is 0 Å². The molecule has 0 aromatic heterocycles.